The van der Waals surface area contributed by atoms with Gasteiger partial charge in [0.25, 0.3) is 0 Å². The Morgan fingerprint density at radius 2 is 2.15 bits per heavy atom. The number of rotatable bonds is 5. The smallest absolute Gasteiger partial charge is 0.245 e. The Labute approximate surface area is 121 Å². The number of nitrogens with zero attached hydrogens (tertiary/aromatic N) is 2. The zero-order chi connectivity index (χ0) is 14.7. The second-order valence-corrected chi connectivity index (χ2v) is 6.38. The number of amides is 2. The zero-order valence-electron chi connectivity index (χ0n) is 12.9. The second kappa shape index (κ2) is 6.57. The number of carbonyl (C=O) groups excluding carboxylic acids is 2. The molecule has 2 atom stereocenters. The summed E-state index contributed by atoms with van der Waals surface area (Å²) in [7, 11) is 1.95. The predicted octanol–water partition coefficient (Wildman–Crippen LogP) is 0.701. The summed E-state index contributed by atoms with van der Waals surface area (Å²) in [6.45, 7) is 7.42. The molecule has 0 radical (unpaired) electrons. The molecule has 0 aromatic rings. The average molecular weight is 281 g/mol. The van der Waals surface area contributed by atoms with Gasteiger partial charge in [0.05, 0.1) is 0 Å². The van der Waals surface area contributed by atoms with Gasteiger partial charge in [-0.2, -0.15) is 0 Å². The molecule has 114 valence electrons. The van der Waals surface area contributed by atoms with Gasteiger partial charge in [-0.25, -0.2) is 0 Å². The maximum Gasteiger partial charge on any atom is 0.245 e. The maximum atomic E-state index is 12.8. The number of nitrogens with one attached hydrogen (secondary N) is 1. The normalized spacial score (nSPS) is 24.8. The van der Waals surface area contributed by atoms with E-state index >= 15 is 0 Å². The first kappa shape index (κ1) is 15.3. The van der Waals surface area contributed by atoms with Gasteiger partial charge in [0.15, 0.2) is 0 Å². The van der Waals surface area contributed by atoms with E-state index in [4.69, 9.17) is 0 Å². The van der Waals surface area contributed by atoms with Crippen molar-refractivity contribution in [3.8, 4) is 0 Å². The van der Waals surface area contributed by atoms with E-state index in [2.05, 4.69) is 5.32 Å². The van der Waals surface area contributed by atoms with E-state index in [0.29, 0.717) is 12.3 Å². The van der Waals surface area contributed by atoms with Crippen molar-refractivity contribution >= 4 is 11.8 Å². The summed E-state index contributed by atoms with van der Waals surface area (Å²) in [6.07, 6.45) is 2.54. The topological polar surface area (TPSA) is 52.7 Å². The van der Waals surface area contributed by atoms with Gasteiger partial charge in [0.2, 0.25) is 11.8 Å². The number of likely N-dealkylation sites (tertiary alicyclic amines) is 2. The van der Waals surface area contributed by atoms with Crippen LogP contribution in [0.3, 0.4) is 0 Å². The van der Waals surface area contributed by atoms with Gasteiger partial charge >= 0.3 is 0 Å². The quantitative estimate of drug-likeness (QED) is 0.807. The molecule has 2 heterocycles. The highest BCUT2D eigenvalue weighted by atomic mass is 16.2. The summed E-state index contributed by atoms with van der Waals surface area (Å²) in [5.74, 6) is 1.01. The largest absolute Gasteiger partial charge is 0.341 e. The SMILES string of the molecule is CNCC1CCN(C(=O)C(C(C)C)N2CCCC2=O)C1. The third-order valence-electron chi connectivity index (χ3n) is 4.42. The standard InChI is InChI=1S/C15H27N3O2/c1-11(2)14(18-7-4-5-13(18)19)15(20)17-8-6-12(10-17)9-16-3/h11-12,14,16H,4-10H2,1-3H3. The van der Waals surface area contributed by atoms with E-state index in [0.717, 1.165) is 39.0 Å². The lowest BCUT2D eigenvalue weighted by Gasteiger charge is -2.33. The van der Waals surface area contributed by atoms with Gasteiger partial charge in [-0.15, -0.1) is 0 Å². The van der Waals surface area contributed by atoms with E-state index in [9.17, 15) is 9.59 Å². The van der Waals surface area contributed by atoms with Crippen LogP contribution in [0.25, 0.3) is 0 Å². The van der Waals surface area contributed by atoms with Gasteiger partial charge in [0, 0.05) is 26.1 Å². The zero-order valence-corrected chi connectivity index (χ0v) is 12.9. The summed E-state index contributed by atoms with van der Waals surface area (Å²) in [4.78, 5) is 28.5. The monoisotopic (exact) mass is 281 g/mol. The molecule has 2 rings (SSSR count). The van der Waals surface area contributed by atoms with Crippen molar-refractivity contribution in [1.29, 1.82) is 0 Å². The van der Waals surface area contributed by atoms with Crippen LogP contribution in [-0.4, -0.2) is 60.9 Å². The first-order valence-corrected chi connectivity index (χ1v) is 7.77. The molecule has 2 saturated heterocycles. The average Bonchev–Trinajstić information content (AvgIpc) is 3.00. The van der Waals surface area contributed by atoms with Crippen LogP contribution < -0.4 is 5.32 Å². The lowest BCUT2D eigenvalue weighted by Crippen LogP contribution is -2.51. The number of hydrogen-bond donors (Lipinski definition) is 1. The van der Waals surface area contributed by atoms with E-state index in [-0.39, 0.29) is 23.8 Å². The van der Waals surface area contributed by atoms with Crippen molar-refractivity contribution in [2.45, 2.75) is 39.2 Å². The molecule has 2 aliphatic heterocycles. The molecule has 0 aliphatic carbocycles. The van der Waals surface area contributed by atoms with Crippen molar-refractivity contribution in [3.63, 3.8) is 0 Å². The van der Waals surface area contributed by atoms with Crippen molar-refractivity contribution in [3.05, 3.63) is 0 Å². The highest BCUT2D eigenvalue weighted by Gasteiger charge is 2.38. The van der Waals surface area contributed by atoms with Crippen LogP contribution >= 0.6 is 0 Å². The fraction of sp³-hybridized carbons (Fsp3) is 0.867. The van der Waals surface area contributed by atoms with Crippen LogP contribution in [0.5, 0.6) is 0 Å². The third-order valence-corrected chi connectivity index (χ3v) is 4.42. The first-order chi connectivity index (χ1) is 9.54. The minimum absolute atomic E-state index is 0.142. The Bertz CT molecular complexity index is 370. The molecule has 1 N–H and O–H groups in total. The van der Waals surface area contributed by atoms with E-state index in [1.165, 1.54) is 0 Å². The van der Waals surface area contributed by atoms with Crippen molar-refractivity contribution in [2.75, 3.05) is 33.2 Å². The van der Waals surface area contributed by atoms with Gasteiger partial charge in [0.1, 0.15) is 6.04 Å². The van der Waals surface area contributed by atoms with Crippen molar-refractivity contribution in [1.82, 2.24) is 15.1 Å². The van der Waals surface area contributed by atoms with Crippen LogP contribution in [0, 0.1) is 11.8 Å². The van der Waals surface area contributed by atoms with Crippen LogP contribution in [-0.2, 0) is 9.59 Å². The molecular weight excluding hydrogens is 254 g/mol. The van der Waals surface area contributed by atoms with E-state index in [1.54, 1.807) is 4.90 Å². The molecule has 2 aliphatic rings. The van der Waals surface area contributed by atoms with Crippen LogP contribution in [0.15, 0.2) is 0 Å². The Kier molecular flexibility index (Phi) is 5.02. The minimum Gasteiger partial charge on any atom is -0.341 e. The van der Waals surface area contributed by atoms with E-state index in [1.807, 2.05) is 25.8 Å². The van der Waals surface area contributed by atoms with Gasteiger partial charge in [-0.1, -0.05) is 13.8 Å². The minimum atomic E-state index is -0.265. The Morgan fingerprint density at radius 3 is 2.70 bits per heavy atom. The predicted molar refractivity (Wildman–Crippen MR) is 78.2 cm³/mol. The molecule has 0 aromatic heterocycles. The van der Waals surface area contributed by atoms with E-state index < -0.39 is 0 Å². The van der Waals surface area contributed by atoms with Crippen molar-refractivity contribution < 1.29 is 9.59 Å². The Hall–Kier alpha value is -1.10. The summed E-state index contributed by atoms with van der Waals surface area (Å²) < 4.78 is 0. The Balaban J connectivity index is 2.03. The summed E-state index contributed by atoms with van der Waals surface area (Å²) in [6, 6.07) is -0.265. The van der Waals surface area contributed by atoms with Crippen LogP contribution in [0.4, 0.5) is 0 Å². The second-order valence-electron chi connectivity index (χ2n) is 6.38. The van der Waals surface area contributed by atoms with Crippen LogP contribution in [0.1, 0.15) is 33.1 Å². The molecule has 0 bridgehead atoms. The number of hydrogen-bond acceptors (Lipinski definition) is 3. The third kappa shape index (κ3) is 3.14. The molecule has 20 heavy (non-hydrogen) atoms. The summed E-state index contributed by atoms with van der Waals surface area (Å²) >= 11 is 0. The molecule has 5 nitrogen and oxygen atoms in total. The highest BCUT2D eigenvalue weighted by molar-refractivity contribution is 5.89. The Morgan fingerprint density at radius 1 is 1.40 bits per heavy atom. The fourth-order valence-corrected chi connectivity index (χ4v) is 3.42. The van der Waals surface area contributed by atoms with Gasteiger partial charge < -0.3 is 15.1 Å². The summed E-state index contributed by atoms with van der Waals surface area (Å²) in [5, 5.41) is 3.18. The highest BCUT2D eigenvalue weighted by Crippen LogP contribution is 2.24. The first-order valence-electron chi connectivity index (χ1n) is 7.77. The molecule has 2 fully saturated rings. The molecule has 2 unspecified atom stereocenters. The molecule has 0 saturated carbocycles. The lowest BCUT2D eigenvalue weighted by molar-refractivity contribution is -0.144. The molecule has 5 heteroatoms. The molecule has 0 aromatic carbocycles. The molecular formula is C15H27N3O2. The molecule has 0 spiro atoms. The molecule has 2 amide bonds. The van der Waals surface area contributed by atoms with Gasteiger partial charge in [-0.3, -0.25) is 9.59 Å². The van der Waals surface area contributed by atoms with Gasteiger partial charge in [-0.05, 0) is 38.3 Å². The lowest BCUT2D eigenvalue weighted by atomic mass is 10.0. The maximum absolute atomic E-state index is 12.8. The van der Waals surface area contributed by atoms with Crippen molar-refractivity contribution in [2.24, 2.45) is 11.8 Å². The van der Waals surface area contributed by atoms with Crippen LogP contribution in [0.2, 0.25) is 0 Å². The summed E-state index contributed by atoms with van der Waals surface area (Å²) in [5.41, 5.74) is 0. The fourth-order valence-electron chi connectivity index (χ4n) is 3.42. The number of carbonyl (C=O) groups is 2.